The summed E-state index contributed by atoms with van der Waals surface area (Å²) in [5.41, 5.74) is 0.925. The van der Waals surface area contributed by atoms with E-state index in [2.05, 4.69) is 25.8 Å². The third kappa shape index (κ3) is 6.15. The number of nitrogens with zero attached hydrogens (tertiary/aromatic N) is 3. The molecule has 25 heavy (non-hydrogen) atoms. The van der Waals surface area contributed by atoms with E-state index in [1.54, 1.807) is 13.1 Å². The smallest absolute Gasteiger partial charge is 0.246 e. The molecule has 0 bridgehead atoms. The van der Waals surface area contributed by atoms with E-state index in [-0.39, 0.29) is 11.9 Å². The summed E-state index contributed by atoms with van der Waals surface area (Å²) in [6.07, 6.45) is 0.487. The highest BCUT2D eigenvalue weighted by molar-refractivity contribution is 5.79. The molecule has 2 rings (SSSR count). The van der Waals surface area contributed by atoms with Crippen LogP contribution in [0.5, 0.6) is 0 Å². The molecule has 8 heteroatoms. The average Bonchev–Trinajstić information content (AvgIpc) is 3.07. The number of halogens is 1. The lowest BCUT2D eigenvalue weighted by Gasteiger charge is -2.10. The Morgan fingerprint density at radius 1 is 1.40 bits per heavy atom. The van der Waals surface area contributed by atoms with Gasteiger partial charge < -0.3 is 19.9 Å². The minimum Gasteiger partial charge on any atom is -0.371 e. The molecule has 0 aliphatic heterocycles. The van der Waals surface area contributed by atoms with Gasteiger partial charge in [0.05, 0.1) is 6.54 Å². The van der Waals surface area contributed by atoms with Gasteiger partial charge in [-0.25, -0.2) is 4.39 Å². The molecule has 0 radical (unpaired) electrons. The quantitative estimate of drug-likeness (QED) is 0.561. The predicted molar refractivity (Wildman–Crippen MR) is 92.6 cm³/mol. The lowest BCUT2D eigenvalue weighted by molar-refractivity contribution is 0.0683. The van der Waals surface area contributed by atoms with E-state index in [1.807, 2.05) is 19.9 Å². The van der Waals surface area contributed by atoms with Crippen molar-refractivity contribution in [3.8, 4) is 0 Å². The number of guanidine groups is 1. The van der Waals surface area contributed by atoms with Gasteiger partial charge in [-0.15, -0.1) is 0 Å². The molecule has 0 saturated heterocycles. The monoisotopic (exact) mass is 349 g/mol. The Kier molecular flexibility index (Phi) is 7.34. The van der Waals surface area contributed by atoms with Crippen LogP contribution in [0.1, 0.15) is 37.2 Å². The number of nitrogens with one attached hydrogen (secondary N) is 2. The van der Waals surface area contributed by atoms with Crippen molar-refractivity contribution in [3.63, 3.8) is 0 Å². The second kappa shape index (κ2) is 9.73. The largest absolute Gasteiger partial charge is 0.371 e. The molecule has 0 saturated carbocycles. The highest BCUT2D eigenvalue weighted by Crippen LogP contribution is 2.12. The number of aliphatic imine (C=N–C) groups is 1. The van der Waals surface area contributed by atoms with E-state index in [1.165, 1.54) is 12.1 Å². The Bertz CT molecular complexity index is 689. The summed E-state index contributed by atoms with van der Waals surface area (Å²) in [6.45, 7) is 5.35. The van der Waals surface area contributed by atoms with E-state index < -0.39 is 0 Å². The Labute approximate surface area is 146 Å². The fourth-order valence-electron chi connectivity index (χ4n) is 2.23. The second-order valence-electron chi connectivity index (χ2n) is 5.38. The molecule has 1 atom stereocenters. The summed E-state index contributed by atoms with van der Waals surface area (Å²) in [5.74, 6) is 1.35. The first-order chi connectivity index (χ1) is 12.1. The molecule has 0 amide bonds. The maximum atomic E-state index is 13.1. The molecule has 0 aliphatic rings. The summed E-state index contributed by atoms with van der Waals surface area (Å²) in [7, 11) is 1.67. The number of ether oxygens (including phenoxy) is 1. The van der Waals surface area contributed by atoms with Crippen LogP contribution in [-0.4, -0.2) is 36.3 Å². The molecule has 1 aromatic carbocycles. The minimum atomic E-state index is -0.228. The van der Waals surface area contributed by atoms with E-state index >= 15 is 0 Å². The van der Waals surface area contributed by atoms with Crippen molar-refractivity contribution in [2.75, 3.05) is 20.2 Å². The lowest BCUT2D eigenvalue weighted by Crippen LogP contribution is -2.37. The highest BCUT2D eigenvalue weighted by atomic mass is 19.1. The fourth-order valence-corrected chi connectivity index (χ4v) is 2.23. The molecule has 2 aromatic rings. The van der Waals surface area contributed by atoms with Gasteiger partial charge in [-0.2, -0.15) is 4.98 Å². The molecule has 0 fully saturated rings. The van der Waals surface area contributed by atoms with Crippen LogP contribution in [0.3, 0.4) is 0 Å². The first-order valence-corrected chi connectivity index (χ1v) is 8.25. The molecule has 1 heterocycles. The SMILES string of the molecule is CCOC(C)c1noc(CNC(=NC)NCCc2cccc(F)c2)n1. The molecule has 0 aliphatic carbocycles. The van der Waals surface area contributed by atoms with Crippen molar-refractivity contribution in [2.45, 2.75) is 32.9 Å². The van der Waals surface area contributed by atoms with Gasteiger partial charge in [0.2, 0.25) is 5.89 Å². The van der Waals surface area contributed by atoms with Crippen LogP contribution in [0.2, 0.25) is 0 Å². The Morgan fingerprint density at radius 3 is 2.96 bits per heavy atom. The fraction of sp³-hybridized carbons (Fsp3) is 0.471. The summed E-state index contributed by atoms with van der Waals surface area (Å²) >= 11 is 0. The summed E-state index contributed by atoms with van der Waals surface area (Å²) in [6, 6.07) is 6.55. The Hall–Kier alpha value is -2.48. The molecular weight excluding hydrogens is 325 g/mol. The normalized spacial score (nSPS) is 12.9. The third-order valence-electron chi connectivity index (χ3n) is 3.49. The molecule has 2 N–H and O–H groups in total. The molecule has 1 aromatic heterocycles. The van der Waals surface area contributed by atoms with Gasteiger partial charge >= 0.3 is 0 Å². The summed E-state index contributed by atoms with van der Waals surface area (Å²) < 4.78 is 23.8. The number of aromatic nitrogens is 2. The van der Waals surface area contributed by atoms with Gasteiger partial charge in [0.1, 0.15) is 11.9 Å². The van der Waals surface area contributed by atoms with E-state index in [9.17, 15) is 4.39 Å². The van der Waals surface area contributed by atoms with Crippen molar-refractivity contribution in [1.29, 1.82) is 0 Å². The van der Waals surface area contributed by atoms with Crippen LogP contribution in [0.4, 0.5) is 4.39 Å². The zero-order valence-corrected chi connectivity index (χ0v) is 14.8. The van der Waals surface area contributed by atoms with Gasteiger partial charge in [-0.3, -0.25) is 4.99 Å². The van der Waals surface area contributed by atoms with E-state index in [0.717, 1.165) is 5.56 Å². The lowest BCUT2D eigenvalue weighted by atomic mass is 10.1. The van der Waals surface area contributed by atoms with E-state index in [0.29, 0.717) is 43.8 Å². The van der Waals surface area contributed by atoms with E-state index in [4.69, 9.17) is 9.26 Å². The highest BCUT2D eigenvalue weighted by Gasteiger charge is 2.13. The first-order valence-electron chi connectivity index (χ1n) is 8.25. The van der Waals surface area contributed by atoms with Crippen molar-refractivity contribution < 1.29 is 13.7 Å². The van der Waals surface area contributed by atoms with Crippen molar-refractivity contribution in [1.82, 2.24) is 20.8 Å². The summed E-state index contributed by atoms with van der Waals surface area (Å²) in [4.78, 5) is 8.41. The zero-order chi connectivity index (χ0) is 18.1. The Morgan fingerprint density at radius 2 is 2.24 bits per heavy atom. The van der Waals surface area contributed by atoms with Gasteiger partial charge in [0.15, 0.2) is 11.8 Å². The van der Waals surface area contributed by atoms with Crippen LogP contribution in [0.15, 0.2) is 33.8 Å². The predicted octanol–water partition coefficient (Wildman–Crippen LogP) is 2.21. The van der Waals surface area contributed by atoms with Crippen molar-refractivity contribution in [3.05, 3.63) is 47.4 Å². The number of hydrogen-bond donors (Lipinski definition) is 2. The minimum absolute atomic E-state index is 0.203. The standard InChI is InChI=1S/C17H24FN5O2/c1-4-24-12(2)16-22-15(25-23-16)11-21-17(19-3)20-9-8-13-6-5-7-14(18)10-13/h5-7,10,12H,4,8-9,11H2,1-3H3,(H2,19,20,21). The van der Waals surface area contributed by atoms with Gasteiger partial charge in [0.25, 0.3) is 0 Å². The van der Waals surface area contributed by atoms with Crippen molar-refractivity contribution in [2.24, 2.45) is 4.99 Å². The molecule has 136 valence electrons. The van der Waals surface area contributed by atoms with Crippen LogP contribution in [-0.2, 0) is 17.7 Å². The van der Waals surface area contributed by atoms with Crippen LogP contribution in [0.25, 0.3) is 0 Å². The van der Waals surface area contributed by atoms with Gasteiger partial charge in [-0.05, 0) is 38.0 Å². The van der Waals surface area contributed by atoms with Crippen LogP contribution >= 0.6 is 0 Å². The Balaban J connectivity index is 1.76. The van der Waals surface area contributed by atoms with Gasteiger partial charge in [0, 0.05) is 20.2 Å². The molecular formula is C17H24FN5O2. The van der Waals surface area contributed by atoms with Crippen LogP contribution < -0.4 is 10.6 Å². The maximum absolute atomic E-state index is 13.1. The summed E-state index contributed by atoms with van der Waals surface area (Å²) in [5, 5.41) is 10.2. The second-order valence-corrected chi connectivity index (χ2v) is 5.38. The third-order valence-corrected chi connectivity index (χ3v) is 3.49. The number of rotatable bonds is 8. The molecule has 0 spiro atoms. The zero-order valence-electron chi connectivity index (χ0n) is 14.8. The number of hydrogen-bond acceptors (Lipinski definition) is 5. The van der Waals surface area contributed by atoms with Crippen LogP contribution in [0, 0.1) is 5.82 Å². The average molecular weight is 349 g/mol. The van der Waals surface area contributed by atoms with Gasteiger partial charge in [-0.1, -0.05) is 17.3 Å². The van der Waals surface area contributed by atoms with Crippen molar-refractivity contribution >= 4 is 5.96 Å². The first kappa shape index (κ1) is 18.9. The number of benzene rings is 1. The topological polar surface area (TPSA) is 84.6 Å². The maximum Gasteiger partial charge on any atom is 0.246 e. The molecule has 1 unspecified atom stereocenters. The molecule has 7 nitrogen and oxygen atoms in total.